The Morgan fingerprint density at radius 2 is 0.321 bits per heavy atom. The average Bonchev–Trinajstić information content (AvgIpc) is 3.62. The van der Waals surface area contributed by atoms with Crippen molar-refractivity contribution in [1.82, 2.24) is 0 Å². The van der Waals surface area contributed by atoms with Crippen LogP contribution in [-0.4, -0.2) is 35.8 Å². The van der Waals surface area contributed by atoms with Gasteiger partial charge in [0.2, 0.25) is 0 Å². The number of esters is 6. The molecule has 84 heavy (non-hydrogen) atoms. The second-order valence-electron chi connectivity index (χ2n) is 20.5. The van der Waals surface area contributed by atoms with Crippen LogP contribution < -0.4 is 28.4 Å². The molecular formula is C72H70O12. The predicted octanol–water partition coefficient (Wildman–Crippen LogP) is 16.9. The maximum absolute atomic E-state index is 12.6. The molecule has 0 spiro atoms. The molecule has 0 saturated heterocycles. The van der Waals surface area contributed by atoms with Gasteiger partial charge in [-0.1, -0.05) is 172 Å². The minimum Gasteiger partial charge on any atom is -0.427 e. The minimum absolute atomic E-state index is 0.256. The van der Waals surface area contributed by atoms with Crippen molar-refractivity contribution in [3.63, 3.8) is 0 Å². The van der Waals surface area contributed by atoms with E-state index in [2.05, 4.69) is 0 Å². The van der Waals surface area contributed by atoms with Gasteiger partial charge >= 0.3 is 35.8 Å². The third kappa shape index (κ3) is 20.8. The van der Waals surface area contributed by atoms with Crippen LogP contribution in [0.1, 0.15) is 116 Å². The Hall–Kier alpha value is -9.42. The Morgan fingerprint density at radius 3 is 0.476 bits per heavy atom. The highest BCUT2D eigenvalue weighted by Crippen LogP contribution is 2.29. The van der Waals surface area contributed by atoms with Gasteiger partial charge in [-0.3, -0.25) is 28.8 Å². The lowest BCUT2D eigenvalue weighted by molar-refractivity contribution is -0.135. The molecule has 0 saturated carbocycles. The minimum atomic E-state index is -0.326. The summed E-state index contributed by atoms with van der Waals surface area (Å²) < 4.78 is 33.2. The Bertz CT molecular complexity index is 3110. The summed E-state index contributed by atoms with van der Waals surface area (Å²) in [4.78, 5) is 74.9. The van der Waals surface area contributed by atoms with Crippen molar-refractivity contribution in [2.24, 2.45) is 0 Å². The van der Waals surface area contributed by atoms with Crippen LogP contribution in [0.3, 0.4) is 0 Å². The SMILES string of the molecule is O=C(CCCCCCC(=O)Oc1ccc(-c2ccc(OC(=O)CCCCCCC(=O)Oc3ccc(-c4ccc(OC(=O)CCCCCCC(=O)Oc5ccc(-c6ccccc6)cc5)cc4)cc3)cc2)cc1)Oc1ccc(-c2ccccc2)cc1. The van der Waals surface area contributed by atoms with Gasteiger partial charge in [0, 0.05) is 38.5 Å². The van der Waals surface area contributed by atoms with Crippen molar-refractivity contribution in [1.29, 1.82) is 0 Å². The molecule has 430 valence electrons. The Morgan fingerprint density at radius 1 is 0.179 bits per heavy atom. The molecule has 12 heteroatoms. The van der Waals surface area contributed by atoms with E-state index in [0.717, 1.165) is 83.0 Å². The summed E-state index contributed by atoms with van der Waals surface area (Å²) in [6, 6.07) is 63.9. The predicted molar refractivity (Wildman–Crippen MR) is 324 cm³/mol. The van der Waals surface area contributed by atoms with Crippen LogP contribution in [0.2, 0.25) is 0 Å². The van der Waals surface area contributed by atoms with Crippen LogP contribution >= 0.6 is 0 Å². The molecule has 0 radical (unpaired) electrons. The van der Waals surface area contributed by atoms with E-state index in [1.165, 1.54) is 0 Å². The lowest BCUT2D eigenvalue weighted by atomic mass is 10.1. The van der Waals surface area contributed by atoms with Crippen LogP contribution in [0.4, 0.5) is 0 Å². The average molecular weight is 1130 g/mol. The van der Waals surface area contributed by atoms with Crippen LogP contribution in [0.25, 0.3) is 44.5 Å². The topological polar surface area (TPSA) is 158 Å². The van der Waals surface area contributed by atoms with E-state index in [0.29, 0.717) is 85.9 Å². The fraction of sp³-hybridized carbons (Fsp3) is 0.250. The fourth-order valence-electron chi connectivity index (χ4n) is 9.33. The van der Waals surface area contributed by atoms with Crippen molar-refractivity contribution in [2.75, 3.05) is 0 Å². The second kappa shape index (κ2) is 32.9. The smallest absolute Gasteiger partial charge is 0.311 e. The zero-order valence-corrected chi connectivity index (χ0v) is 47.3. The molecule has 0 amide bonds. The first kappa shape index (κ1) is 60.7. The summed E-state index contributed by atoms with van der Waals surface area (Å²) >= 11 is 0. The molecule has 0 heterocycles. The van der Waals surface area contributed by atoms with Gasteiger partial charge < -0.3 is 28.4 Å². The molecule has 8 aromatic rings. The van der Waals surface area contributed by atoms with Gasteiger partial charge in [0.1, 0.15) is 34.5 Å². The fourth-order valence-corrected chi connectivity index (χ4v) is 9.33. The second-order valence-corrected chi connectivity index (χ2v) is 20.5. The molecule has 8 rings (SSSR count). The number of ether oxygens (including phenoxy) is 6. The van der Waals surface area contributed by atoms with E-state index in [1.54, 1.807) is 72.8 Å². The van der Waals surface area contributed by atoms with E-state index in [4.69, 9.17) is 28.4 Å². The molecule has 0 aliphatic heterocycles. The van der Waals surface area contributed by atoms with Crippen LogP contribution in [0.15, 0.2) is 206 Å². The van der Waals surface area contributed by atoms with Gasteiger partial charge in [-0.05, 0) is 156 Å². The van der Waals surface area contributed by atoms with Crippen molar-refractivity contribution >= 4 is 35.8 Å². The van der Waals surface area contributed by atoms with Crippen molar-refractivity contribution in [2.45, 2.75) is 116 Å². The molecule has 0 aromatic heterocycles. The highest BCUT2D eigenvalue weighted by Gasteiger charge is 2.13. The number of hydrogen-bond donors (Lipinski definition) is 0. The number of benzene rings is 8. The highest BCUT2D eigenvalue weighted by atomic mass is 16.6. The summed E-state index contributed by atoms with van der Waals surface area (Å²) in [5, 5.41) is 0. The Labute approximate surface area is 491 Å². The van der Waals surface area contributed by atoms with E-state index in [1.807, 2.05) is 133 Å². The van der Waals surface area contributed by atoms with Crippen LogP contribution in [-0.2, 0) is 28.8 Å². The van der Waals surface area contributed by atoms with Gasteiger partial charge in [-0.15, -0.1) is 0 Å². The first-order valence-electron chi connectivity index (χ1n) is 29.0. The van der Waals surface area contributed by atoms with Gasteiger partial charge in [0.15, 0.2) is 0 Å². The van der Waals surface area contributed by atoms with Crippen LogP contribution in [0, 0.1) is 0 Å². The van der Waals surface area contributed by atoms with Crippen molar-refractivity contribution in [3.05, 3.63) is 206 Å². The monoisotopic (exact) mass is 1130 g/mol. The maximum atomic E-state index is 12.6. The molecule has 0 unspecified atom stereocenters. The highest BCUT2D eigenvalue weighted by molar-refractivity contribution is 5.77. The number of unbranched alkanes of at least 4 members (excludes halogenated alkanes) is 9. The molecule has 12 nitrogen and oxygen atoms in total. The first-order valence-corrected chi connectivity index (χ1v) is 29.0. The molecule has 0 atom stereocenters. The number of rotatable bonds is 31. The summed E-state index contributed by atoms with van der Waals surface area (Å²) in [6.45, 7) is 0. The third-order valence-corrected chi connectivity index (χ3v) is 13.9. The van der Waals surface area contributed by atoms with Crippen LogP contribution in [0.5, 0.6) is 34.5 Å². The van der Waals surface area contributed by atoms with Gasteiger partial charge in [-0.25, -0.2) is 0 Å². The largest absolute Gasteiger partial charge is 0.427 e. The number of carbonyl (C=O) groups excluding carboxylic acids is 6. The quantitative estimate of drug-likeness (QED) is 0.0230. The van der Waals surface area contributed by atoms with E-state index in [9.17, 15) is 28.8 Å². The first-order chi connectivity index (χ1) is 41.1. The molecule has 0 aliphatic rings. The van der Waals surface area contributed by atoms with Crippen molar-refractivity contribution in [3.8, 4) is 79.0 Å². The zero-order chi connectivity index (χ0) is 58.6. The van der Waals surface area contributed by atoms with E-state index >= 15 is 0 Å². The Kier molecular flexibility index (Phi) is 23.7. The molecule has 0 fully saturated rings. The maximum Gasteiger partial charge on any atom is 0.311 e. The molecule has 0 N–H and O–H groups in total. The van der Waals surface area contributed by atoms with Gasteiger partial charge in [0.05, 0.1) is 0 Å². The molecule has 0 aliphatic carbocycles. The summed E-state index contributed by atoms with van der Waals surface area (Å²) in [7, 11) is 0. The molecule has 8 aromatic carbocycles. The zero-order valence-electron chi connectivity index (χ0n) is 47.3. The number of carbonyl (C=O) groups is 6. The lowest BCUT2D eigenvalue weighted by Crippen LogP contribution is -2.08. The Balaban J connectivity index is 0.612. The summed E-state index contributed by atoms with van der Waals surface area (Å²) in [5.41, 5.74) is 7.96. The third-order valence-electron chi connectivity index (χ3n) is 13.9. The normalized spacial score (nSPS) is 10.8. The standard InChI is InChI=1S/C72H70O12/c73-67(79-61-41-29-55(30-42-61)53-19-9-7-10-20-53)23-13-1-3-15-25-69(75)81-63-45-33-57(34-46-63)59-37-49-65(50-38-59)83-71(77)27-17-5-6-18-28-72(78)84-66-51-39-60(40-52-66)58-35-47-64(48-36-58)82-70(76)26-16-4-2-14-24-68(74)80-62-43-31-56(32-44-62)54-21-11-8-12-22-54/h7-12,19-22,29-52H,1-6,13-18,23-28H2. The van der Waals surface area contributed by atoms with Crippen molar-refractivity contribution < 1.29 is 57.2 Å². The molecular weight excluding hydrogens is 1060 g/mol. The van der Waals surface area contributed by atoms with E-state index < -0.39 is 0 Å². The lowest BCUT2D eigenvalue weighted by Gasteiger charge is -2.08. The molecule has 0 bridgehead atoms. The summed E-state index contributed by atoms with van der Waals surface area (Å²) in [5.74, 6) is 1.03. The van der Waals surface area contributed by atoms with Gasteiger partial charge in [-0.2, -0.15) is 0 Å². The van der Waals surface area contributed by atoms with E-state index in [-0.39, 0.29) is 61.5 Å². The van der Waals surface area contributed by atoms with Gasteiger partial charge in [0.25, 0.3) is 0 Å². The summed E-state index contributed by atoms with van der Waals surface area (Å²) in [6.07, 6.45) is 10.4. The number of hydrogen-bond acceptors (Lipinski definition) is 12.